The molecular formula is C21H24N2O4. The first kappa shape index (κ1) is 18.9. The van der Waals surface area contributed by atoms with Crippen molar-refractivity contribution >= 4 is 11.4 Å². The van der Waals surface area contributed by atoms with Gasteiger partial charge in [-0.1, -0.05) is 6.92 Å². The first-order valence-electron chi connectivity index (χ1n) is 8.85. The second-order valence-electron chi connectivity index (χ2n) is 6.45. The molecule has 0 bridgehead atoms. The number of aliphatic hydroxyl groups excluding tert-OH is 1. The first-order valence-corrected chi connectivity index (χ1v) is 8.85. The third-order valence-corrected chi connectivity index (χ3v) is 4.93. The summed E-state index contributed by atoms with van der Waals surface area (Å²) in [7, 11) is 3.10. The van der Waals surface area contributed by atoms with E-state index in [2.05, 4.69) is 17.1 Å². The number of ether oxygens (including phenoxy) is 2. The topological polar surface area (TPSA) is 83.6 Å². The molecule has 0 saturated carbocycles. The molecule has 2 N–H and O–H groups in total. The van der Waals surface area contributed by atoms with Gasteiger partial charge in [0, 0.05) is 28.3 Å². The van der Waals surface area contributed by atoms with Gasteiger partial charge in [0.25, 0.3) is 0 Å². The average molecular weight is 368 g/mol. The molecule has 0 fully saturated rings. The monoisotopic (exact) mass is 368 g/mol. The minimum absolute atomic E-state index is 0.0344. The summed E-state index contributed by atoms with van der Waals surface area (Å²) in [6.07, 6.45) is 0.862. The number of rotatable bonds is 5. The summed E-state index contributed by atoms with van der Waals surface area (Å²) in [6, 6.07) is 8.99. The van der Waals surface area contributed by atoms with Crippen molar-refractivity contribution in [2.24, 2.45) is 10.2 Å². The van der Waals surface area contributed by atoms with Crippen molar-refractivity contribution in [3.63, 3.8) is 0 Å². The Hall–Kier alpha value is -2.86. The van der Waals surface area contributed by atoms with Crippen molar-refractivity contribution in [1.82, 2.24) is 0 Å². The maximum Gasteiger partial charge on any atom is 0.160 e. The Morgan fingerprint density at radius 3 is 2.37 bits per heavy atom. The lowest BCUT2D eigenvalue weighted by Gasteiger charge is -2.20. The third-order valence-electron chi connectivity index (χ3n) is 4.93. The summed E-state index contributed by atoms with van der Waals surface area (Å²) in [4.78, 5) is 0. The van der Waals surface area contributed by atoms with E-state index < -0.39 is 0 Å². The summed E-state index contributed by atoms with van der Waals surface area (Å²) in [5.41, 5.74) is 4.85. The Bertz CT molecular complexity index is 919. The van der Waals surface area contributed by atoms with Gasteiger partial charge in [-0.05, 0) is 49.2 Å². The van der Waals surface area contributed by atoms with E-state index in [4.69, 9.17) is 9.47 Å². The minimum Gasteiger partial charge on any atom is -0.504 e. The molecule has 3 rings (SSSR count). The van der Waals surface area contributed by atoms with E-state index >= 15 is 0 Å². The number of phenolic OH excluding ortho intramolecular Hbond substituents is 1. The Morgan fingerprint density at radius 2 is 1.78 bits per heavy atom. The summed E-state index contributed by atoms with van der Waals surface area (Å²) in [5, 5.41) is 28.9. The quantitative estimate of drug-likeness (QED) is 0.844. The number of fused-ring (bicyclic) bond motifs is 1. The molecule has 0 aromatic heterocycles. The molecule has 0 aliphatic carbocycles. The highest BCUT2D eigenvalue weighted by Crippen LogP contribution is 2.36. The fourth-order valence-electron chi connectivity index (χ4n) is 3.49. The third kappa shape index (κ3) is 3.40. The van der Waals surface area contributed by atoms with Gasteiger partial charge in [0.1, 0.15) is 11.5 Å². The zero-order chi connectivity index (χ0) is 19.6. The largest absolute Gasteiger partial charge is 0.504 e. The van der Waals surface area contributed by atoms with Crippen molar-refractivity contribution < 1.29 is 19.7 Å². The number of methoxy groups -OCH3 is 2. The lowest BCUT2D eigenvalue weighted by molar-refractivity contribution is 0.273. The smallest absolute Gasteiger partial charge is 0.160 e. The van der Waals surface area contributed by atoms with Crippen LogP contribution in [0.3, 0.4) is 0 Å². The first-order chi connectivity index (χ1) is 13.0. The maximum atomic E-state index is 10.2. The molecule has 1 unspecified atom stereocenters. The molecule has 1 aliphatic heterocycles. The van der Waals surface area contributed by atoms with E-state index in [1.54, 1.807) is 19.2 Å². The number of nitrogens with zero attached hydrogens (tertiary/aromatic N) is 2. The zero-order valence-corrected chi connectivity index (χ0v) is 16.0. The molecule has 1 atom stereocenters. The molecular weight excluding hydrogens is 344 g/mol. The van der Waals surface area contributed by atoms with E-state index in [1.807, 2.05) is 25.1 Å². The van der Waals surface area contributed by atoms with Crippen LogP contribution in [-0.2, 0) is 6.61 Å². The van der Waals surface area contributed by atoms with Crippen LogP contribution in [0.25, 0.3) is 0 Å². The van der Waals surface area contributed by atoms with Crippen LogP contribution in [0.2, 0.25) is 0 Å². The number of aliphatic hydroxyl groups is 1. The molecule has 2 aromatic carbocycles. The van der Waals surface area contributed by atoms with Gasteiger partial charge >= 0.3 is 0 Å². The van der Waals surface area contributed by atoms with Gasteiger partial charge in [0.05, 0.1) is 20.8 Å². The fourth-order valence-corrected chi connectivity index (χ4v) is 3.49. The summed E-state index contributed by atoms with van der Waals surface area (Å²) in [5.74, 6) is 1.16. The molecule has 27 heavy (non-hydrogen) atoms. The summed E-state index contributed by atoms with van der Waals surface area (Å²) in [6.45, 7) is 3.92. The van der Waals surface area contributed by atoms with Gasteiger partial charge in [0.15, 0.2) is 11.5 Å². The van der Waals surface area contributed by atoms with Gasteiger partial charge in [-0.2, -0.15) is 5.10 Å². The maximum absolute atomic E-state index is 10.2. The van der Waals surface area contributed by atoms with E-state index in [0.717, 1.165) is 28.8 Å². The molecule has 142 valence electrons. The number of phenols is 1. The molecule has 6 nitrogen and oxygen atoms in total. The second-order valence-corrected chi connectivity index (χ2v) is 6.45. The van der Waals surface area contributed by atoms with Crippen LogP contribution >= 0.6 is 0 Å². The molecule has 0 spiro atoms. The van der Waals surface area contributed by atoms with Gasteiger partial charge in [-0.25, -0.2) is 0 Å². The Kier molecular flexibility index (Phi) is 5.46. The zero-order valence-electron chi connectivity index (χ0n) is 16.0. The van der Waals surface area contributed by atoms with Gasteiger partial charge in [0.2, 0.25) is 0 Å². The Morgan fingerprint density at radius 1 is 1.04 bits per heavy atom. The molecule has 0 amide bonds. The van der Waals surface area contributed by atoms with E-state index in [-0.39, 0.29) is 18.3 Å². The van der Waals surface area contributed by atoms with Crippen LogP contribution in [0.4, 0.5) is 0 Å². The Balaban J connectivity index is 2.25. The molecule has 1 aliphatic rings. The summed E-state index contributed by atoms with van der Waals surface area (Å²) >= 11 is 0. The fraction of sp³-hybridized carbons (Fsp3) is 0.333. The van der Waals surface area contributed by atoms with Crippen LogP contribution in [-0.4, -0.2) is 35.9 Å². The van der Waals surface area contributed by atoms with Crippen LogP contribution in [0.15, 0.2) is 40.5 Å². The molecule has 1 heterocycles. The van der Waals surface area contributed by atoms with Crippen LogP contribution in [0.1, 0.15) is 48.4 Å². The van der Waals surface area contributed by atoms with Crippen molar-refractivity contribution in [2.45, 2.75) is 32.8 Å². The predicted molar refractivity (Wildman–Crippen MR) is 105 cm³/mol. The summed E-state index contributed by atoms with van der Waals surface area (Å²) < 4.78 is 10.6. The van der Waals surface area contributed by atoms with Crippen LogP contribution in [0.5, 0.6) is 17.2 Å². The average Bonchev–Trinajstić information content (AvgIpc) is 2.82. The van der Waals surface area contributed by atoms with Gasteiger partial charge in [-0.15, -0.1) is 5.10 Å². The van der Waals surface area contributed by atoms with Crippen molar-refractivity contribution in [1.29, 1.82) is 0 Å². The highest BCUT2D eigenvalue weighted by Gasteiger charge is 2.25. The number of aromatic hydroxyl groups is 1. The van der Waals surface area contributed by atoms with E-state index in [1.165, 1.54) is 7.11 Å². The predicted octanol–water partition coefficient (Wildman–Crippen LogP) is 3.62. The van der Waals surface area contributed by atoms with Crippen LogP contribution < -0.4 is 9.47 Å². The van der Waals surface area contributed by atoms with Crippen molar-refractivity contribution in [3.8, 4) is 17.2 Å². The highest BCUT2D eigenvalue weighted by molar-refractivity contribution is 6.16. The molecule has 6 heteroatoms. The molecule has 0 radical (unpaired) electrons. The molecule has 2 aromatic rings. The lowest BCUT2D eigenvalue weighted by Crippen LogP contribution is -2.13. The Labute approximate surface area is 158 Å². The number of hydrogen-bond acceptors (Lipinski definition) is 6. The second kappa shape index (κ2) is 7.80. The van der Waals surface area contributed by atoms with Crippen molar-refractivity contribution in [3.05, 3.63) is 52.6 Å². The van der Waals surface area contributed by atoms with Gasteiger partial charge in [-0.3, -0.25) is 0 Å². The minimum atomic E-state index is -0.145. The molecule has 0 saturated heterocycles. The number of hydrogen-bond donors (Lipinski definition) is 2. The SMILES string of the molecule is CCC1C(C)=NN=C(c2ccc(OC)c(O)c2)c2cc(CO)c(OC)cc21. The normalized spacial score (nSPS) is 16.1. The van der Waals surface area contributed by atoms with E-state index in [0.29, 0.717) is 22.8 Å². The number of benzene rings is 2. The van der Waals surface area contributed by atoms with Crippen molar-refractivity contribution in [2.75, 3.05) is 14.2 Å². The standard InChI is InChI=1S/C21H24N2O4/c1-5-15-12(2)22-23-21(13-6-7-19(26-3)18(25)9-13)17-8-14(11-24)20(27-4)10-16(15)17/h6-10,15,24-25H,5,11H2,1-4H3. The highest BCUT2D eigenvalue weighted by atomic mass is 16.5. The van der Waals surface area contributed by atoms with Crippen LogP contribution in [0, 0.1) is 0 Å². The van der Waals surface area contributed by atoms with Gasteiger partial charge < -0.3 is 19.7 Å². The van der Waals surface area contributed by atoms with E-state index in [9.17, 15) is 10.2 Å². The lowest BCUT2D eigenvalue weighted by atomic mass is 9.85.